The van der Waals surface area contributed by atoms with E-state index in [2.05, 4.69) is 17.1 Å². The van der Waals surface area contributed by atoms with Gasteiger partial charge in [-0.05, 0) is 12.1 Å². The average molecular weight is 219 g/mol. The Balaban J connectivity index is 2.16. The summed E-state index contributed by atoms with van der Waals surface area (Å²) in [7, 11) is 0. The standard InChI is InChI=1S/C12H13NOS/c14-7-8-15-9-11-6-5-10-3-1-2-4-12(10)13-11/h1-6,14H,7-9H2. The van der Waals surface area contributed by atoms with E-state index in [0.29, 0.717) is 0 Å². The molecule has 0 atom stereocenters. The van der Waals surface area contributed by atoms with Crippen molar-refractivity contribution in [1.82, 2.24) is 4.98 Å². The van der Waals surface area contributed by atoms with Crippen LogP contribution in [0.1, 0.15) is 5.69 Å². The van der Waals surface area contributed by atoms with Crippen LogP contribution in [0.2, 0.25) is 0 Å². The molecule has 3 heteroatoms. The van der Waals surface area contributed by atoms with E-state index in [1.807, 2.05) is 24.3 Å². The van der Waals surface area contributed by atoms with E-state index in [1.54, 1.807) is 11.8 Å². The minimum atomic E-state index is 0.234. The lowest BCUT2D eigenvalue weighted by atomic mass is 10.2. The molecule has 0 bridgehead atoms. The first-order valence-electron chi connectivity index (χ1n) is 4.93. The second kappa shape index (κ2) is 5.14. The molecule has 1 heterocycles. The molecule has 0 unspecified atom stereocenters. The Kier molecular flexibility index (Phi) is 3.59. The molecule has 0 saturated heterocycles. The number of rotatable bonds is 4. The summed E-state index contributed by atoms with van der Waals surface area (Å²) < 4.78 is 0. The number of hydrogen-bond donors (Lipinski definition) is 1. The summed E-state index contributed by atoms with van der Waals surface area (Å²) in [5.74, 6) is 1.64. The van der Waals surface area contributed by atoms with Gasteiger partial charge in [-0.2, -0.15) is 11.8 Å². The number of pyridine rings is 1. The molecular formula is C12H13NOS. The van der Waals surface area contributed by atoms with Crippen LogP contribution in [0.15, 0.2) is 36.4 Å². The lowest BCUT2D eigenvalue weighted by molar-refractivity contribution is 0.322. The zero-order valence-corrected chi connectivity index (χ0v) is 9.20. The third-order valence-corrected chi connectivity index (χ3v) is 3.11. The van der Waals surface area contributed by atoms with Gasteiger partial charge < -0.3 is 5.11 Å². The van der Waals surface area contributed by atoms with E-state index in [-0.39, 0.29) is 6.61 Å². The molecule has 78 valence electrons. The largest absolute Gasteiger partial charge is 0.396 e. The molecule has 0 saturated carbocycles. The third-order valence-electron chi connectivity index (χ3n) is 2.14. The third kappa shape index (κ3) is 2.70. The van der Waals surface area contributed by atoms with Gasteiger partial charge in [-0.1, -0.05) is 24.3 Å². The first-order valence-corrected chi connectivity index (χ1v) is 6.09. The molecule has 2 rings (SSSR count). The summed E-state index contributed by atoms with van der Waals surface area (Å²) in [5, 5.41) is 9.85. The first kappa shape index (κ1) is 10.5. The number of aliphatic hydroxyl groups is 1. The van der Waals surface area contributed by atoms with E-state index in [9.17, 15) is 0 Å². The predicted molar refractivity (Wildman–Crippen MR) is 65.0 cm³/mol. The lowest BCUT2D eigenvalue weighted by Gasteiger charge is -2.01. The van der Waals surface area contributed by atoms with E-state index in [1.165, 1.54) is 5.39 Å². The summed E-state index contributed by atoms with van der Waals surface area (Å²) in [6.07, 6.45) is 0. The fraction of sp³-hybridized carbons (Fsp3) is 0.250. The molecule has 0 aliphatic rings. The highest BCUT2D eigenvalue weighted by Gasteiger charge is 1.97. The Morgan fingerprint density at radius 1 is 1.13 bits per heavy atom. The number of nitrogens with zero attached hydrogens (tertiary/aromatic N) is 1. The smallest absolute Gasteiger partial charge is 0.0705 e. The number of thioether (sulfide) groups is 1. The van der Waals surface area contributed by atoms with Gasteiger partial charge in [0.1, 0.15) is 0 Å². The van der Waals surface area contributed by atoms with Crippen molar-refractivity contribution in [1.29, 1.82) is 0 Å². The van der Waals surface area contributed by atoms with Gasteiger partial charge in [-0.25, -0.2) is 0 Å². The molecular weight excluding hydrogens is 206 g/mol. The average Bonchev–Trinajstić information content (AvgIpc) is 2.29. The predicted octanol–water partition coefficient (Wildman–Crippen LogP) is 2.46. The molecule has 0 spiro atoms. The summed E-state index contributed by atoms with van der Waals surface area (Å²) in [6.45, 7) is 0.234. The van der Waals surface area contributed by atoms with Gasteiger partial charge in [0.2, 0.25) is 0 Å². The van der Waals surface area contributed by atoms with E-state index in [0.717, 1.165) is 22.7 Å². The number of benzene rings is 1. The summed E-state index contributed by atoms with van der Waals surface area (Å²) >= 11 is 1.70. The maximum atomic E-state index is 8.67. The Hall–Kier alpha value is -1.06. The Morgan fingerprint density at radius 2 is 2.00 bits per heavy atom. The number of aliphatic hydroxyl groups excluding tert-OH is 1. The Bertz CT molecular complexity index is 444. The van der Waals surface area contributed by atoms with Crippen LogP contribution in [0.3, 0.4) is 0 Å². The molecule has 1 N–H and O–H groups in total. The van der Waals surface area contributed by atoms with Crippen LogP contribution in [-0.2, 0) is 5.75 Å². The molecule has 2 nitrogen and oxygen atoms in total. The van der Waals surface area contributed by atoms with E-state index < -0.39 is 0 Å². The Labute approximate surface area is 93.3 Å². The minimum absolute atomic E-state index is 0.234. The second-order valence-corrected chi connectivity index (χ2v) is 4.38. The van der Waals surface area contributed by atoms with Gasteiger partial charge in [0, 0.05) is 16.9 Å². The second-order valence-electron chi connectivity index (χ2n) is 3.27. The molecule has 0 aliphatic heterocycles. The van der Waals surface area contributed by atoms with Gasteiger partial charge in [0.05, 0.1) is 17.8 Å². The molecule has 15 heavy (non-hydrogen) atoms. The molecule has 0 radical (unpaired) electrons. The summed E-state index contributed by atoms with van der Waals surface area (Å²) in [5.41, 5.74) is 2.12. The van der Waals surface area contributed by atoms with Gasteiger partial charge in [-0.3, -0.25) is 4.98 Å². The van der Waals surface area contributed by atoms with Crippen LogP contribution < -0.4 is 0 Å². The van der Waals surface area contributed by atoms with Gasteiger partial charge >= 0.3 is 0 Å². The van der Waals surface area contributed by atoms with Crippen LogP contribution >= 0.6 is 11.8 Å². The van der Waals surface area contributed by atoms with Crippen molar-refractivity contribution < 1.29 is 5.11 Å². The fourth-order valence-corrected chi connectivity index (χ4v) is 2.07. The summed E-state index contributed by atoms with van der Waals surface area (Å²) in [6, 6.07) is 12.2. The minimum Gasteiger partial charge on any atom is -0.396 e. The van der Waals surface area contributed by atoms with Crippen molar-refractivity contribution in [3.05, 3.63) is 42.1 Å². The highest BCUT2D eigenvalue weighted by Crippen LogP contribution is 2.15. The van der Waals surface area contributed by atoms with Crippen LogP contribution in [-0.4, -0.2) is 22.5 Å². The number of para-hydroxylation sites is 1. The monoisotopic (exact) mass is 219 g/mol. The van der Waals surface area contributed by atoms with Crippen LogP contribution in [0, 0.1) is 0 Å². The molecule has 2 aromatic rings. The van der Waals surface area contributed by atoms with Crippen molar-refractivity contribution >= 4 is 22.7 Å². The number of aromatic nitrogens is 1. The van der Waals surface area contributed by atoms with Crippen molar-refractivity contribution in [2.45, 2.75) is 5.75 Å². The van der Waals surface area contributed by atoms with E-state index in [4.69, 9.17) is 5.11 Å². The lowest BCUT2D eigenvalue weighted by Crippen LogP contribution is -1.91. The zero-order valence-electron chi connectivity index (χ0n) is 8.39. The van der Waals surface area contributed by atoms with Gasteiger partial charge in [0.25, 0.3) is 0 Å². The fourth-order valence-electron chi connectivity index (χ4n) is 1.43. The van der Waals surface area contributed by atoms with Gasteiger partial charge in [0.15, 0.2) is 0 Å². The number of hydrogen-bond acceptors (Lipinski definition) is 3. The van der Waals surface area contributed by atoms with Crippen LogP contribution in [0.5, 0.6) is 0 Å². The highest BCUT2D eigenvalue weighted by molar-refractivity contribution is 7.98. The molecule has 1 aromatic heterocycles. The van der Waals surface area contributed by atoms with Crippen molar-refractivity contribution in [2.75, 3.05) is 12.4 Å². The molecule has 0 fully saturated rings. The molecule has 0 aliphatic carbocycles. The topological polar surface area (TPSA) is 33.1 Å². The normalized spacial score (nSPS) is 10.7. The maximum absolute atomic E-state index is 8.67. The molecule has 0 amide bonds. The number of fused-ring (bicyclic) bond motifs is 1. The Morgan fingerprint density at radius 3 is 2.87 bits per heavy atom. The van der Waals surface area contributed by atoms with Gasteiger partial charge in [-0.15, -0.1) is 0 Å². The SMILES string of the molecule is OCCSCc1ccc2ccccc2n1. The van der Waals surface area contributed by atoms with E-state index >= 15 is 0 Å². The van der Waals surface area contributed by atoms with Crippen LogP contribution in [0.4, 0.5) is 0 Å². The maximum Gasteiger partial charge on any atom is 0.0705 e. The van der Waals surface area contributed by atoms with Crippen molar-refractivity contribution in [3.8, 4) is 0 Å². The quantitative estimate of drug-likeness (QED) is 0.802. The van der Waals surface area contributed by atoms with Crippen LogP contribution in [0.25, 0.3) is 10.9 Å². The highest BCUT2D eigenvalue weighted by atomic mass is 32.2. The van der Waals surface area contributed by atoms with Crippen molar-refractivity contribution in [3.63, 3.8) is 0 Å². The zero-order chi connectivity index (χ0) is 10.5. The van der Waals surface area contributed by atoms with Crippen molar-refractivity contribution in [2.24, 2.45) is 0 Å². The first-order chi connectivity index (χ1) is 7.40. The summed E-state index contributed by atoms with van der Waals surface area (Å²) in [4.78, 5) is 4.54. The molecule has 1 aromatic carbocycles.